The van der Waals surface area contributed by atoms with Crippen molar-refractivity contribution >= 4 is 23.2 Å². The Balaban J connectivity index is 0.00000288. The minimum Gasteiger partial charge on any atom is -1.00 e. The molecule has 0 aliphatic carbocycles. The summed E-state index contributed by atoms with van der Waals surface area (Å²) in [5.74, 6) is -0.403. The number of aryl methyl sites for hydroxylation is 2. The van der Waals surface area contributed by atoms with Gasteiger partial charge in [0.25, 0.3) is 0 Å². The Kier molecular flexibility index (Phi) is 7.23. The minimum absolute atomic E-state index is 0. The summed E-state index contributed by atoms with van der Waals surface area (Å²) in [6, 6.07) is 6.64. The zero-order chi connectivity index (χ0) is 17.0. The first-order chi connectivity index (χ1) is 10.8. The van der Waals surface area contributed by atoms with E-state index in [9.17, 15) is 18.0 Å². The van der Waals surface area contributed by atoms with Gasteiger partial charge in [0.05, 0.1) is 22.7 Å². The molecule has 0 aliphatic rings. The number of nitrogens with zero attached hydrogens (tertiary/aromatic N) is 1. The number of hydrogen-bond acceptors (Lipinski definition) is 1. The average Bonchev–Trinajstić information content (AvgIpc) is 2.48. The molecule has 0 fully saturated rings. The first-order valence-corrected chi connectivity index (χ1v) is 7.26. The average molecular weight is 424 g/mol. The van der Waals surface area contributed by atoms with Gasteiger partial charge >= 0.3 is 6.18 Å². The molecule has 0 spiro atoms. The van der Waals surface area contributed by atoms with Crippen molar-refractivity contribution in [3.63, 3.8) is 0 Å². The Bertz CT molecular complexity index is 705. The minimum atomic E-state index is -4.48. The van der Waals surface area contributed by atoms with E-state index >= 15 is 0 Å². The summed E-state index contributed by atoms with van der Waals surface area (Å²) in [7, 11) is 0. The zero-order valence-electron chi connectivity index (χ0n) is 12.7. The van der Waals surface area contributed by atoms with Crippen molar-refractivity contribution in [2.24, 2.45) is 0 Å². The van der Waals surface area contributed by atoms with Crippen LogP contribution in [-0.2, 0) is 17.5 Å². The fourth-order valence-electron chi connectivity index (χ4n) is 1.92. The molecule has 0 saturated carbocycles. The molecule has 0 radical (unpaired) electrons. The zero-order valence-corrected chi connectivity index (χ0v) is 15.0. The monoisotopic (exact) mass is 422 g/mol. The van der Waals surface area contributed by atoms with Crippen molar-refractivity contribution in [3.8, 4) is 0 Å². The molecule has 0 bridgehead atoms. The molecule has 0 unspecified atom stereocenters. The third-order valence-electron chi connectivity index (χ3n) is 3.22. The van der Waals surface area contributed by atoms with Crippen molar-refractivity contribution in [3.05, 3.63) is 58.9 Å². The summed E-state index contributed by atoms with van der Waals surface area (Å²) in [6.45, 7) is 2.37. The van der Waals surface area contributed by atoms with E-state index in [0.717, 1.165) is 23.8 Å². The van der Waals surface area contributed by atoms with Crippen LogP contribution < -0.4 is 26.9 Å². The second kappa shape index (κ2) is 8.48. The molecule has 1 aromatic heterocycles. The standard InChI is InChI=1S/C16H14ClF3N2O.BrH/c1-11-4-7-22(8-5-11)9-6-15(23)21-14-10-12(16(18,19)20)2-3-13(14)17;/h2-5,7-8,10H,6,9H2,1H3;1H. The van der Waals surface area contributed by atoms with Gasteiger partial charge in [-0.25, -0.2) is 4.57 Å². The molecule has 0 atom stereocenters. The van der Waals surface area contributed by atoms with Crippen LogP contribution in [0.4, 0.5) is 18.9 Å². The molecule has 0 saturated heterocycles. The Hall–Kier alpha value is -1.60. The topological polar surface area (TPSA) is 33.0 Å². The third-order valence-corrected chi connectivity index (χ3v) is 3.55. The van der Waals surface area contributed by atoms with Crippen molar-refractivity contribution in [1.82, 2.24) is 0 Å². The number of carbonyl (C=O) groups excluding carboxylic acids is 1. The van der Waals surface area contributed by atoms with E-state index in [-0.39, 0.29) is 34.1 Å². The normalized spacial score (nSPS) is 10.9. The largest absolute Gasteiger partial charge is 1.00 e. The number of pyridine rings is 1. The van der Waals surface area contributed by atoms with Gasteiger partial charge < -0.3 is 22.3 Å². The van der Waals surface area contributed by atoms with Crippen molar-refractivity contribution < 1.29 is 39.5 Å². The molecule has 24 heavy (non-hydrogen) atoms. The van der Waals surface area contributed by atoms with E-state index in [1.807, 2.05) is 36.0 Å². The lowest BCUT2D eigenvalue weighted by Gasteiger charge is -2.11. The van der Waals surface area contributed by atoms with Gasteiger partial charge in [-0.3, -0.25) is 4.79 Å². The molecular formula is C16H15BrClF3N2O. The second-order valence-corrected chi connectivity index (χ2v) is 5.51. The number of aromatic nitrogens is 1. The Morgan fingerprint density at radius 1 is 1.21 bits per heavy atom. The first kappa shape index (κ1) is 20.4. The third kappa shape index (κ3) is 5.79. The highest BCUT2D eigenvalue weighted by atomic mass is 79.9. The fourth-order valence-corrected chi connectivity index (χ4v) is 2.09. The number of amides is 1. The van der Waals surface area contributed by atoms with Crippen LogP contribution in [0.1, 0.15) is 17.5 Å². The van der Waals surface area contributed by atoms with Crippen molar-refractivity contribution in [2.45, 2.75) is 26.1 Å². The van der Waals surface area contributed by atoms with E-state index in [0.29, 0.717) is 6.54 Å². The molecule has 130 valence electrons. The Morgan fingerprint density at radius 3 is 2.42 bits per heavy atom. The second-order valence-electron chi connectivity index (χ2n) is 5.10. The summed E-state index contributed by atoms with van der Waals surface area (Å²) in [5.41, 5.74) is 0.201. The number of anilines is 1. The molecular weight excluding hydrogens is 409 g/mol. The first-order valence-electron chi connectivity index (χ1n) is 6.88. The molecule has 2 aromatic rings. The van der Waals surface area contributed by atoms with Gasteiger partial charge in [-0.15, -0.1) is 0 Å². The fraction of sp³-hybridized carbons (Fsp3) is 0.250. The van der Waals surface area contributed by atoms with Gasteiger partial charge in [-0.2, -0.15) is 13.2 Å². The van der Waals surface area contributed by atoms with Gasteiger partial charge in [0.1, 0.15) is 0 Å². The summed E-state index contributed by atoms with van der Waals surface area (Å²) in [5, 5.41) is 2.48. The number of alkyl halides is 3. The number of hydrogen-bond donors (Lipinski definition) is 1. The van der Waals surface area contributed by atoms with Gasteiger partial charge in [0.15, 0.2) is 18.9 Å². The van der Waals surface area contributed by atoms with Gasteiger partial charge in [0.2, 0.25) is 5.91 Å². The van der Waals surface area contributed by atoms with Crippen LogP contribution in [0.3, 0.4) is 0 Å². The maximum Gasteiger partial charge on any atom is 0.416 e. The molecule has 1 N–H and O–H groups in total. The predicted molar refractivity (Wildman–Crippen MR) is 81.1 cm³/mol. The summed E-state index contributed by atoms with van der Waals surface area (Å²) >= 11 is 5.84. The van der Waals surface area contributed by atoms with Crippen LogP contribution in [0.2, 0.25) is 5.02 Å². The molecule has 2 rings (SSSR count). The summed E-state index contributed by atoms with van der Waals surface area (Å²) < 4.78 is 39.9. The number of rotatable bonds is 4. The van der Waals surface area contributed by atoms with Crippen LogP contribution in [-0.4, -0.2) is 5.91 Å². The molecule has 8 heteroatoms. The highest BCUT2D eigenvalue weighted by Crippen LogP contribution is 2.33. The van der Waals surface area contributed by atoms with Crippen LogP contribution in [0.25, 0.3) is 0 Å². The Morgan fingerprint density at radius 2 is 1.83 bits per heavy atom. The van der Waals surface area contributed by atoms with Gasteiger partial charge in [-0.1, -0.05) is 11.6 Å². The highest BCUT2D eigenvalue weighted by molar-refractivity contribution is 6.33. The maximum absolute atomic E-state index is 12.7. The van der Waals surface area contributed by atoms with E-state index in [1.165, 1.54) is 0 Å². The van der Waals surface area contributed by atoms with E-state index in [2.05, 4.69) is 5.32 Å². The smallest absolute Gasteiger partial charge is 0.416 e. The quantitative estimate of drug-likeness (QED) is 0.731. The van der Waals surface area contributed by atoms with E-state index in [1.54, 1.807) is 0 Å². The lowest BCUT2D eigenvalue weighted by atomic mass is 10.2. The molecule has 1 heterocycles. The van der Waals surface area contributed by atoms with E-state index < -0.39 is 17.6 Å². The van der Waals surface area contributed by atoms with Gasteiger partial charge in [0, 0.05) is 12.1 Å². The summed E-state index contributed by atoms with van der Waals surface area (Å²) in [4.78, 5) is 11.9. The molecule has 0 aliphatic heterocycles. The number of nitrogens with one attached hydrogen (secondary N) is 1. The van der Waals surface area contributed by atoms with Crippen LogP contribution >= 0.6 is 11.6 Å². The molecule has 1 amide bonds. The van der Waals surface area contributed by atoms with E-state index in [4.69, 9.17) is 11.6 Å². The van der Waals surface area contributed by atoms with Crippen LogP contribution in [0, 0.1) is 6.92 Å². The number of carbonyl (C=O) groups is 1. The lowest BCUT2D eigenvalue weighted by Crippen LogP contribution is -3.00. The van der Waals surface area contributed by atoms with Crippen LogP contribution in [0.15, 0.2) is 42.7 Å². The number of benzene rings is 1. The van der Waals surface area contributed by atoms with Crippen molar-refractivity contribution in [1.29, 1.82) is 0 Å². The van der Waals surface area contributed by atoms with Crippen LogP contribution in [0.5, 0.6) is 0 Å². The Labute approximate surface area is 153 Å². The van der Waals surface area contributed by atoms with Gasteiger partial charge in [-0.05, 0) is 30.7 Å². The molecule has 1 aromatic carbocycles. The SMILES string of the molecule is Cc1cc[n+](CCC(=O)Nc2cc(C(F)(F)F)ccc2Cl)cc1.[Br-]. The summed E-state index contributed by atoms with van der Waals surface area (Å²) in [6.07, 6.45) is -0.693. The highest BCUT2D eigenvalue weighted by Gasteiger charge is 2.31. The van der Waals surface area contributed by atoms with Crippen molar-refractivity contribution in [2.75, 3.05) is 5.32 Å². The maximum atomic E-state index is 12.7. The predicted octanol–water partition coefficient (Wildman–Crippen LogP) is 0.988. The lowest BCUT2D eigenvalue weighted by molar-refractivity contribution is -0.695. The molecule has 3 nitrogen and oxygen atoms in total. The number of halogens is 5.